The second-order valence-corrected chi connectivity index (χ2v) is 7.34. The maximum Gasteiger partial charge on any atom is 0.306 e. The molecule has 25 heavy (non-hydrogen) atoms. The zero-order valence-corrected chi connectivity index (χ0v) is 14.6. The third-order valence-corrected chi connectivity index (χ3v) is 5.37. The molecule has 1 aliphatic heterocycles. The molecule has 2 atom stereocenters. The molecule has 3 rings (SSSR count). The molecule has 0 aliphatic carbocycles. The Morgan fingerprint density at radius 2 is 2.24 bits per heavy atom. The molecule has 2 heterocycles. The topological polar surface area (TPSA) is 70.5 Å². The van der Waals surface area contributed by atoms with Crippen LogP contribution in [0.5, 0.6) is 0 Å². The minimum absolute atomic E-state index is 0.0828. The monoisotopic (exact) mass is 362 g/mol. The Morgan fingerprint density at radius 1 is 1.44 bits per heavy atom. The van der Waals surface area contributed by atoms with Gasteiger partial charge in [0.25, 0.3) is 5.91 Å². The molecule has 0 radical (unpaired) electrons. The van der Waals surface area contributed by atoms with Crippen molar-refractivity contribution in [2.24, 2.45) is 11.8 Å². The number of hydrogen-bond donors (Lipinski definition) is 1. The number of aliphatic carboxylic acids is 1. The van der Waals surface area contributed by atoms with Crippen molar-refractivity contribution in [3.8, 4) is 0 Å². The molecule has 0 bridgehead atoms. The number of carbonyl (C=O) groups is 2. The smallest absolute Gasteiger partial charge is 0.306 e. The van der Waals surface area contributed by atoms with Crippen molar-refractivity contribution in [3.63, 3.8) is 0 Å². The van der Waals surface area contributed by atoms with Crippen molar-refractivity contribution in [2.75, 3.05) is 13.1 Å². The Hall–Kier alpha value is -2.28. The van der Waals surface area contributed by atoms with Crippen LogP contribution in [0.25, 0.3) is 0 Å². The molecule has 2 unspecified atom stereocenters. The highest BCUT2D eigenvalue weighted by Crippen LogP contribution is 2.25. The fraction of sp³-hybridized carbons (Fsp3) is 0.389. The van der Waals surface area contributed by atoms with Crippen LogP contribution in [0.2, 0.25) is 0 Å². The van der Waals surface area contributed by atoms with Crippen molar-refractivity contribution in [1.82, 2.24) is 9.88 Å². The van der Waals surface area contributed by atoms with Gasteiger partial charge in [-0.15, -0.1) is 11.3 Å². The van der Waals surface area contributed by atoms with Gasteiger partial charge in [0, 0.05) is 24.9 Å². The van der Waals surface area contributed by atoms with Gasteiger partial charge < -0.3 is 10.0 Å². The summed E-state index contributed by atoms with van der Waals surface area (Å²) in [5.74, 6) is -1.74. The number of halogens is 1. The standard InChI is InChI=1S/C18H19FN2O3S/c1-11-9-21(6-5-14(11)18(23)24)17(22)15-10-25-16(20-15)8-12-3-2-4-13(19)7-12/h2-4,7,10-11,14H,5-6,8-9H2,1H3,(H,23,24). The minimum atomic E-state index is -0.800. The molecule has 7 heteroatoms. The van der Waals surface area contributed by atoms with Crippen LogP contribution in [0.3, 0.4) is 0 Å². The van der Waals surface area contributed by atoms with Crippen LogP contribution in [0, 0.1) is 17.7 Å². The lowest BCUT2D eigenvalue weighted by Gasteiger charge is -2.34. The van der Waals surface area contributed by atoms with Crippen LogP contribution in [-0.2, 0) is 11.2 Å². The summed E-state index contributed by atoms with van der Waals surface area (Å²) in [4.78, 5) is 29.8. The average molecular weight is 362 g/mol. The van der Waals surface area contributed by atoms with Crippen molar-refractivity contribution in [1.29, 1.82) is 0 Å². The number of hydrogen-bond acceptors (Lipinski definition) is 4. The fourth-order valence-corrected chi connectivity index (χ4v) is 3.97. The summed E-state index contributed by atoms with van der Waals surface area (Å²) in [7, 11) is 0. The predicted molar refractivity (Wildman–Crippen MR) is 92.1 cm³/mol. The van der Waals surface area contributed by atoms with E-state index in [0.29, 0.717) is 31.6 Å². The van der Waals surface area contributed by atoms with Crippen LogP contribution in [-0.4, -0.2) is 40.0 Å². The second kappa shape index (κ2) is 7.31. The molecule has 1 saturated heterocycles. The third kappa shape index (κ3) is 4.04. The average Bonchev–Trinajstić information content (AvgIpc) is 3.02. The number of nitrogens with zero attached hydrogens (tertiary/aromatic N) is 2. The van der Waals surface area contributed by atoms with Crippen molar-refractivity contribution in [3.05, 3.63) is 51.7 Å². The zero-order chi connectivity index (χ0) is 18.0. The normalized spacial score (nSPS) is 20.5. The van der Waals surface area contributed by atoms with E-state index in [4.69, 9.17) is 0 Å². The first-order valence-corrected chi connectivity index (χ1v) is 9.03. The van der Waals surface area contributed by atoms with E-state index in [1.807, 2.05) is 13.0 Å². The number of carboxylic acids is 1. The lowest BCUT2D eigenvalue weighted by Crippen LogP contribution is -2.45. The molecule has 5 nitrogen and oxygen atoms in total. The van der Waals surface area contributed by atoms with Gasteiger partial charge in [-0.1, -0.05) is 19.1 Å². The minimum Gasteiger partial charge on any atom is -0.481 e. The number of likely N-dealkylation sites (tertiary alicyclic amines) is 1. The van der Waals surface area contributed by atoms with Gasteiger partial charge in [-0.25, -0.2) is 9.37 Å². The maximum atomic E-state index is 13.3. The van der Waals surface area contributed by atoms with Crippen LogP contribution in [0.4, 0.5) is 4.39 Å². The van der Waals surface area contributed by atoms with Crippen LogP contribution < -0.4 is 0 Å². The lowest BCUT2D eigenvalue weighted by molar-refractivity contribution is -0.145. The molecular weight excluding hydrogens is 343 g/mol. The second-order valence-electron chi connectivity index (χ2n) is 6.40. The molecule has 0 spiro atoms. The molecule has 132 valence electrons. The van der Waals surface area contributed by atoms with Crippen LogP contribution in [0.1, 0.15) is 34.4 Å². The third-order valence-electron chi connectivity index (χ3n) is 4.52. The van der Waals surface area contributed by atoms with Gasteiger partial charge in [0.1, 0.15) is 11.5 Å². The van der Waals surface area contributed by atoms with Gasteiger partial charge in [0.05, 0.1) is 10.9 Å². The molecule has 1 aromatic heterocycles. The molecule has 1 amide bonds. The van der Waals surface area contributed by atoms with E-state index in [0.717, 1.165) is 10.6 Å². The Kier molecular flexibility index (Phi) is 5.13. The van der Waals surface area contributed by atoms with Gasteiger partial charge in [0.15, 0.2) is 0 Å². The molecule has 1 fully saturated rings. The van der Waals surface area contributed by atoms with Gasteiger partial charge in [-0.05, 0) is 30.0 Å². The first kappa shape index (κ1) is 17.5. The van der Waals surface area contributed by atoms with E-state index in [9.17, 15) is 19.1 Å². The summed E-state index contributed by atoms with van der Waals surface area (Å²) in [5.41, 5.74) is 1.18. The lowest BCUT2D eigenvalue weighted by atomic mass is 9.87. The number of amides is 1. The van der Waals surface area contributed by atoms with E-state index in [1.165, 1.54) is 23.5 Å². The Balaban J connectivity index is 1.66. The Bertz CT molecular complexity index is 792. The molecular formula is C18H19FN2O3S. The van der Waals surface area contributed by atoms with Crippen molar-refractivity contribution in [2.45, 2.75) is 19.8 Å². The van der Waals surface area contributed by atoms with E-state index in [-0.39, 0.29) is 17.6 Å². The number of rotatable bonds is 4. The van der Waals surface area contributed by atoms with Crippen molar-refractivity contribution < 1.29 is 19.1 Å². The number of carboxylic acid groups (broad SMARTS) is 1. The van der Waals surface area contributed by atoms with Gasteiger partial charge in [0.2, 0.25) is 0 Å². The van der Waals surface area contributed by atoms with E-state index < -0.39 is 11.9 Å². The molecule has 2 aromatic rings. The predicted octanol–water partition coefficient (Wildman–Crippen LogP) is 3.06. The molecule has 1 aliphatic rings. The summed E-state index contributed by atoms with van der Waals surface area (Å²) in [5, 5.41) is 11.6. The van der Waals surface area contributed by atoms with E-state index in [2.05, 4.69) is 4.98 Å². The maximum absolute atomic E-state index is 13.3. The number of aromatic nitrogens is 1. The van der Waals surface area contributed by atoms with Gasteiger partial charge in [-0.2, -0.15) is 0 Å². The molecule has 1 aromatic carbocycles. The number of benzene rings is 1. The van der Waals surface area contributed by atoms with Gasteiger partial charge in [-0.3, -0.25) is 9.59 Å². The zero-order valence-electron chi connectivity index (χ0n) is 13.8. The van der Waals surface area contributed by atoms with Crippen molar-refractivity contribution >= 4 is 23.2 Å². The van der Waals surface area contributed by atoms with E-state index >= 15 is 0 Å². The fourth-order valence-electron chi connectivity index (χ4n) is 3.17. The number of carbonyl (C=O) groups excluding carboxylic acids is 1. The quantitative estimate of drug-likeness (QED) is 0.907. The highest BCUT2D eigenvalue weighted by molar-refractivity contribution is 7.09. The van der Waals surface area contributed by atoms with E-state index in [1.54, 1.807) is 16.3 Å². The summed E-state index contributed by atoms with van der Waals surface area (Å²) in [6.45, 7) is 2.71. The van der Waals surface area contributed by atoms with Crippen LogP contribution >= 0.6 is 11.3 Å². The summed E-state index contributed by atoms with van der Waals surface area (Å²) >= 11 is 1.37. The first-order chi connectivity index (χ1) is 11.9. The highest BCUT2D eigenvalue weighted by Gasteiger charge is 2.33. The summed E-state index contributed by atoms with van der Waals surface area (Å²) in [6.07, 6.45) is 0.940. The summed E-state index contributed by atoms with van der Waals surface area (Å²) < 4.78 is 13.3. The summed E-state index contributed by atoms with van der Waals surface area (Å²) in [6, 6.07) is 6.33. The van der Waals surface area contributed by atoms with Gasteiger partial charge >= 0.3 is 5.97 Å². The number of thiazole rings is 1. The number of piperidine rings is 1. The first-order valence-electron chi connectivity index (χ1n) is 8.15. The highest BCUT2D eigenvalue weighted by atomic mass is 32.1. The molecule has 1 N–H and O–H groups in total. The SMILES string of the molecule is CC1CN(C(=O)c2csc(Cc3cccc(F)c3)n2)CCC1C(=O)O. The largest absolute Gasteiger partial charge is 0.481 e. The molecule has 0 saturated carbocycles. The Labute approximate surface area is 149 Å². The van der Waals surface area contributed by atoms with Crippen LogP contribution in [0.15, 0.2) is 29.6 Å². The Morgan fingerprint density at radius 3 is 2.92 bits per heavy atom.